The molecule has 2 aliphatic heterocycles. The fraction of sp³-hybridized carbons (Fsp3) is 0.143. The van der Waals surface area contributed by atoms with Crippen molar-refractivity contribution in [3.63, 3.8) is 0 Å². The van der Waals surface area contributed by atoms with Gasteiger partial charge in [0.2, 0.25) is 17.2 Å². The number of rotatable bonds is 12. The minimum absolute atomic E-state index is 0.0298. The summed E-state index contributed by atoms with van der Waals surface area (Å²) in [7, 11) is -10.1. The van der Waals surface area contributed by atoms with E-state index in [2.05, 4.69) is 8.57 Å². The molecule has 0 spiro atoms. The number of hydrogen-bond acceptors (Lipinski definition) is 12. The number of carbonyl (C=O) groups excluding carboxylic acids is 6. The third-order valence-corrected chi connectivity index (χ3v) is 11.3. The van der Waals surface area contributed by atoms with E-state index < -0.39 is 127 Å². The molecule has 308 valence electrons. The topological polar surface area (TPSA) is 248 Å². The molecule has 0 saturated carbocycles. The van der Waals surface area contributed by atoms with Crippen molar-refractivity contribution in [2.75, 3.05) is 0 Å². The number of nitrogens with zero attached hydrogens (tertiary/aromatic N) is 2. The normalized spacial score (nSPS) is 14.8. The maximum absolute atomic E-state index is 15.2. The monoisotopic (exact) mass is 868 g/mol. The molecule has 6 amide bonds. The summed E-state index contributed by atoms with van der Waals surface area (Å²) >= 11 is 0. The number of benzene rings is 4. The molecule has 16 nitrogen and oxygen atoms in total. The molecule has 0 atom stereocenters. The van der Waals surface area contributed by atoms with Gasteiger partial charge in [-0.15, -0.1) is 18.7 Å². The Balaban J connectivity index is 1.36. The molecule has 4 N–H and O–H groups in total. The van der Waals surface area contributed by atoms with Gasteiger partial charge in [-0.25, -0.2) is 0 Å². The van der Waals surface area contributed by atoms with Crippen LogP contribution in [0.25, 0.3) is 0 Å². The zero-order valence-corrected chi connectivity index (χ0v) is 30.7. The summed E-state index contributed by atoms with van der Waals surface area (Å²) in [6, 6.07) is 9.32. The molecule has 0 fully saturated rings. The number of imide groups is 2. The third-order valence-electron chi connectivity index (χ3n) is 8.94. The van der Waals surface area contributed by atoms with Crippen molar-refractivity contribution in [3.8, 4) is 0 Å². The van der Waals surface area contributed by atoms with Crippen molar-refractivity contribution in [2.24, 2.45) is 11.5 Å². The van der Waals surface area contributed by atoms with Crippen LogP contribution >= 0.6 is 0 Å². The summed E-state index contributed by atoms with van der Waals surface area (Å²) in [6.07, 6.45) is -13.4. The molecule has 4 aromatic carbocycles. The lowest BCUT2D eigenvalue weighted by Crippen LogP contribution is -2.55. The SMILES string of the molecule is NC(=O)Cc1ccc(S(=O)(=O)ON2C(=O)c3ccc(C(c4ccc5c(c4)C(=O)N(OS(=O)(=O)c4ccc(CC(N)=O)cc4)C5=O)(C(F)(F)F)C(F)(F)F)cc3C2=O)cc1. The van der Waals surface area contributed by atoms with Gasteiger partial charge in [0.05, 0.1) is 44.9 Å². The number of carbonyl (C=O) groups is 6. The van der Waals surface area contributed by atoms with E-state index >= 15 is 26.3 Å². The van der Waals surface area contributed by atoms with Gasteiger partial charge in [-0.3, -0.25) is 28.8 Å². The Bertz CT molecular complexity index is 2540. The van der Waals surface area contributed by atoms with Crippen molar-refractivity contribution >= 4 is 55.7 Å². The number of hydroxylamine groups is 4. The first-order valence-electron chi connectivity index (χ1n) is 16.1. The van der Waals surface area contributed by atoms with E-state index in [-0.39, 0.29) is 48.2 Å². The van der Waals surface area contributed by atoms with E-state index in [0.717, 1.165) is 48.5 Å². The van der Waals surface area contributed by atoms with Gasteiger partial charge in [-0.1, -0.05) is 36.4 Å². The van der Waals surface area contributed by atoms with Crippen LogP contribution in [-0.2, 0) is 56.6 Å². The number of nitrogens with two attached hydrogens (primary N) is 2. The van der Waals surface area contributed by atoms with E-state index in [1.165, 1.54) is 0 Å². The summed E-state index contributed by atoms with van der Waals surface area (Å²) < 4.78 is 152. The van der Waals surface area contributed by atoms with E-state index in [1.54, 1.807) is 0 Å². The number of alkyl halides is 6. The van der Waals surface area contributed by atoms with Crippen molar-refractivity contribution in [1.82, 2.24) is 10.1 Å². The Labute approximate surface area is 327 Å². The Morgan fingerprint density at radius 3 is 1.10 bits per heavy atom. The van der Waals surface area contributed by atoms with Crippen molar-refractivity contribution in [1.29, 1.82) is 0 Å². The molecule has 6 rings (SSSR count). The van der Waals surface area contributed by atoms with Crippen LogP contribution in [0.1, 0.15) is 63.7 Å². The molecule has 0 aromatic heterocycles. The first kappa shape index (κ1) is 42.1. The van der Waals surface area contributed by atoms with Crippen LogP contribution in [0.2, 0.25) is 0 Å². The zero-order valence-electron chi connectivity index (χ0n) is 29.0. The molecule has 0 saturated heterocycles. The molecule has 0 bridgehead atoms. The maximum Gasteiger partial charge on any atom is 0.411 e. The fourth-order valence-electron chi connectivity index (χ4n) is 6.25. The summed E-state index contributed by atoms with van der Waals surface area (Å²) in [5.74, 6) is -8.29. The average Bonchev–Trinajstić information content (AvgIpc) is 3.49. The van der Waals surface area contributed by atoms with Crippen LogP contribution in [0.5, 0.6) is 0 Å². The van der Waals surface area contributed by atoms with Gasteiger partial charge in [-0.2, -0.15) is 43.2 Å². The van der Waals surface area contributed by atoms with Crippen molar-refractivity contribution < 1.29 is 80.5 Å². The minimum atomic E-state index is -6.38. The number of hydrogen-bond donors (Lipinski definition) is 2. The zero-order chi connectivity index (χ0) is 43.6. The van der Waals surface area contributed by atoms with Crippen LogP contribution in [0.4, 0.5) is 26.3 Å². The second-order valence-corrected chi connectivity index (χ2v) is 15.8. The molecule has 59 heavy (non-hydrogen) atoms. The van der Waals surface area contributed by atoms with Crippen LogP contribution < -0.4 is 11.5 Å². The molecule has 24 heteroatoms. The molecular weight excluding hydrogens is 847 g/mol. The first-order chi connectivity index (χ1) is 27.3. The lowest BCUT2D eigenvalue weighted by molar-refractivity contribution is -0.288. The summed E-state index contributed by atoms with van der Waals surface area (Å²) in [6.45, 7) is 0. The van der Waals surface area contributed by atoms with Crippen molar-refractivity contribution in [2.45, 2.75) is 40.4 Å². The van der Waals surface area contributed by atoms with Crippen LogP contribution in [0, 0.1) is 0 Å². The number of primary amides is 2. The minimum Gasteiger partial charge on any atom is -0.369 e. The van der Waals surface area contributed by atoms with Gasteiger partial charge < -0.3 is 11.5 Å². The highest BCUT2D eigenvalue weighted by atomic mass is 32.2. The van der Waals surface area contributed by atoms with Gasteiger partial charge in [0.1, 0.15) is 0 Å². The summed E-state index contributed by atoms with van der Waals surface area (Å²) in [5.41, 5.74) is -2.04. The average molecular weight is 869 g/mol. The molecule has 0 radical (unpaired) electrons. The first-order valence-corrected chi connectivity index (χ1v) is 19.0. The summed E-state index contributed by atoms with van der Waals surface area (Å²) in [4.78, 5) is 73.6. The highest BCUT2D eigenvalue weighted by molar-refractivity contribution is 7.87. The van der Waals surface area contributed by atoms with Gasteiger partial charge >= 0.3 is 32.6 Å². The van der Waals surface area contributed by atoms with Gasteiger partial charge in [0.15, 0.2) is 0 Å². The van der Waals surface area contributed by atoms with E-state index in [0.29, 0.717) is 12.1 Å². The highest BCUT2D eigenvalue weighted by Crippen LogP contribution is 2.57. The summed E-state index contributed by atoms with van der Waals surface area (Å²) in [5, 5.41) is -0.802. The Hall–Kier alpha value is -6.50. The van der Waals surface area contributed by atoms with Crippen molar-refractivity contribution in [3.05, 3.63) is 129 Å². The molecule has 0 unspecified atom stereocenters. The second kappa shape index (κ2) is 14.4. The number of amides is 6. The highest BCUT2D eigenvalue weighted by Gasteiger charge is 2.73. The fourth-order valence-corrected chi connectivity index (χ4v) is 8.03. The van der Waals surface area contributed by atoms with E-state index in [1.807, 2.05) is 0 Å². The quantitative estimate of drug-likeness (QED) is 0.154. The van der Waals surface area contributed by atoms with E-state index in [4.69, 9.17) is 11.5 Å². The Morgan fingerprint density at radius 1 is 0.508 bits per heavy atom. The number of halogens is 6. The standard InChI is InChI=1S/C35H22F6N4O12S2/c36-34(37,38)33(35(39,40)41,19-5-11-23-25(15-19)31(50)44(29(23)48)56-58(52,53)21-7-1-17(2-8-21)13-27(42)46)20-6-12-24-26(16-20)32(51)45(30(24)49)57-59(54,55)22-9-3-18(4-10-22)14-28(43)47/h1-12,15-16H,13-14H2,(H2,42,46)(H2,43,47). The predicted molar refractivity (Wildman–Crippen MR) is 182 cm³/mol. The Kier molecular flexibility index (Phi) is 10.3. The largest absolute Gasteiger partial charge is 0.411 e. The Morgan fingerprint density at radius 2 is 0.814 bits per heavy atom. The molecule has 0 aliphatic carbocycles. The maximum atomic E-state index is 15.2. The van der Waals surface area contributed by atoms with Gasteiger partial charge in [0.25, 0.3) is 23.6 Å². The third kappa shape index (κ3) is 7.30. The second-order valence-electron chi connectivity index (χ2n) is 12.7. The van der Waals surface area contributed by atoms with Crippen LogP contribution in [-0.4, -0.2) is 74.8 Å². The van der Waals surface area contributed by atoms with Crippen LogP contribution in [0.3, 0.4) is 0 Å². The molecule has 4 aromatic rings. The lowest BCUT2D eigenvalue weighted by Gasteiger charge is -2.38. The van der Waals surface area contributed by atoms with Crippen LogP contribution in [0.15, 0.2) is 94.7 Å². The molecular formula is C35H22F6N4O12S2. The predicted octanol–water partition coefficient (Wildman–Crippen LogP) is 2.99. The van der Waals surface area contributed by atoms with Gasteiger partial charge in [0, 0.05) is 0 Å². The van der Waals surface area contributed by atoms with Gasteiger partial charge in [-0.05, 0) is 70.8 Å². The molecule has 2 aliphatic rings. The molecule has 2 heterocycles. The number of fused-ring (bicyclic) bond motifs is 2. The van der Waals surface area contributed by atoms with E-state index in [9.17, 15) is 45.6 Å². The smallest absolute Gasteiger partial charge is 0.369 e. The lowest BCUT2D eigenvalue weighted by atomic mass is 9.71.